The predicted octanol–water partition coefficient (Wildman–Crippen LogP) is 2.03. The van der Waals surface area contributed by atoms with Crippen molar-refractivity contribution in [2.75, 3.05) is 30.3 Å². The number of carbonyl (C=O) groups is 2. The second-order valence-electron chi connectivity index (χ2n) is 6.67. The van der Waals surface area contributed by atoms with Gasteiger partial charge in [-0.3, -0.25) is 13.9 Å². The Bertz CT molecular complexity index is 743. The van der Waals surface area contributed by atoms with Gasteiger partial charge in [0, 0.05) is 13.1 Å². The highest BCUT2D eigenvalue weighted by Gasteiger charge is 2.36. The molecule has 150 valence electrons. The number of nitrogens with zero attached hydrogens (tertiary/aromatic N) is 2. The highest BCUT2D eigenvalue weighted by molar-refractivity contribution is 7.92. The van der Waals surface area contributed by atoms with E-state index >= 15 is 0 Å². The second-order valence-corrected chi connectivity index (χ2v) is 8.53. The van der Waals surface area contributed by atoms with Gasteiger partial charge in [-0.25, -0.2) is 8.42 Å². The molecule has 1 saturated heterocycles. The molecule has 0 N–H and O–H groups in total. The van der Waals surface area contributed by atoms with Gasteiger partial charge in [0.1, 0.15) is 6.04 Å². The van der Waals surface area contributed by atoms with Crippen LogP contribution in [0.1, 0.15) is 33.1 Å². The summed E-state index contributed by atoms with van der Waals surface area (Å²) < 4.78 is 31.1. The summed E-state index contributed by atoms with van der Waals surface area (Å²) in [4.78, 5) is 26.6. The van der Waals surface area contributed by atoms with Crippen molar-refractivity contribution in [3.05, 3.63) is 30.3 Å². The Kier molecular flexibility index (Phi) is 7.24. The molecule has 7 nitrogen and oxygen atoms in total. The molecule has 0 aromatic heterocycles. The zero-order valence-corrected chi connectivity index (χ0v) is 16.9. The molecule has 0 spiro atoms. The van der Waals surface area contributed by atoms with E-state index in [-0.39, 0.29) is 17.8 Å². The van der Waals surface area contributed by atoms with Gasteiger partial charge in [0.05, 0.1) is 24.5 Å². The van der Waals surface area contributed by atoms with Gasteiger partial charge in [0.2, 0.25) is 15.9 Å². The molecule has 1 aromatic carbocycles. The van der Waals surface area contributed by atoms with Crippen molar-refractivity contribution >= 4 is 27.6 Å². The Morgan fingerprint density at radius 1 is 1.19 bits per heavy atom. The Morgan fingerprint density at radius 2 is 1.78 bits per heavy atom. The quantitative estimate of drug-likeness (QED) is 0.659. The van der Waals surface area contributed by atoms with Gasteiger partial charge in [-0.1, -0.05) is 25.1 Å². The van der Waals surface area contributed by atoms with Crippen LogP contribution in [0.25, 0.3) is 0 Å². The molecule has 27 heavy (non-hydrogen) atoms. The van der Waals surface area contributed by atoms with Gasteiger partial charge in [-0.05, 0) is 38.3 Å². The minimum Gasteiger partial charge on any atom is -0.466 e. The molecule has 2 rings (SSSR count). The van der Waals surface area contributed by atoms with E-state index in [1.54, 1.807) is 49.1 Å². The standard InChI is InChI=1S/C19H28N2O5S/c1-4-17(21(27(3,24)25)16-9-7-6-8-10-16)18(22)20-13-11-15(12-14-20)19(23)26-5-2/h6-10,15,17H,4-5,11-14H2,1-3H3/t17-/m0/s1. The number of ether oxygens (including phenoxy) is 1. The van der Waals surface area contributed by atoms with Crippen molar-refractivity contribution in [3.63, 3.8) is 0 Å². The summed E-state index contributed by atoms with van der Waals surface area (Å²) in [6.45, 7) is 4.76. The van der Waals surface area contributed by atoms with Crippen molar-refractivity contribution in [1.82, 2.24) is 4.90 Å². The van der Waals surface area contributed by atoms with Gasteiger partial charge in [-0.15, -0.1) is 0 Å². The zero-order chi connectivity index (χ0) is 20.0. The van der Waals surface area contributed by atoms with E-state index in [1.807, 2.05) is 0 Å². The van der Waals surface area contributed by atoms with Crippen molar-refractivity contribution in [3.8, 4) is 0 Å². The molecule has 0 aliphatic carbocycles. The lowest BCUT2D eigenvalue weighted by molar-refractivity contribution is -0.151. The average molecular weight is 397 g/mol. The summed E-state index contributed by atoms with van der Waals surface area (Å²) >= 11 is 0. The van der Waals surface area contributed by atoms with Crippen molar-refractivity contribution in [1.29, 1.82) is 0 Å². The minimum absolute atomic E-state index is 0.200. The number of likely N-dealkylation sites (tertiary alicyclic amines) is 1. The van der Waals surface area contributed by atoms with Gasteiger partial charge >= 0.3 is 5.97 Å². The molecule has 0 unspecified atom stereocenters. The summed E-state index contributed by atoms with van der Waals surface area (Å²) in [7, 11) is -3.63. The number of hydrogen-bond donors (Lipinski definition) is 0. The maximum atomic E-state index is 13.1. The summed E-state index contributed by atoms with van der Waals surface area (Å²) in [6, 6.07) is 7.85. The largest absolute Gasteiger partial charge is 0.466 e. The van der Waals surface area contributed by atoms with Crippen LogP contribution >= 0.6 is 0 Å². The van der Waals surface area contributed by atoms with Gasteiger partial charge in [0.25, 0.3) is 0 Å². The van der Waals surface area contributed by atoms with Crippen LogP contribution in [0.2, 0.25) is 0 Å². The van der Waals surface area contributed by atoms with E-state index in [4.69, 9.17) is 4.74 Å². The fourth-order valence-electron chi connectivity index (χ4n) is 3.42. The number of rotatable bonds is 7. The van der Waals surface area contributed by atoms with Gasteiger partial charge in [0.15, 0.2) is 0 Å². The molecule has 1 amide bonds. The number of benzene rings is 1. The highest BCUT2D eigenvalue weighted by atomic mass is 32.2. The normalized spacial score (nSPS) is 16.6. The molecule has 1 aromatic rings. The van der Waals surface area contributed by atoms with Crippen LogP contribution in [0.4, 0.5) is 5.69 Å². The van der Waals surface area contributed by atoms with Crippen molar-refractivity contribution in [2.24, 2.45) is 5.92 Å². The summed E-state index contributed by atoms with van der Waals surface area (Å²) in [5, 5.41) is 0. The first-order chi connectivity index (χ1) is 12.8. The average Bonchev–Trinajstić information content (AvgIpc) is 2.65. The van der Waals surface area contributed by atoms with Crippen LogP contribution in [-0.4, -0.2) is 57.2 Å². The first kappa shape index (κ1) is 21.2. The molecule has 0 bridgehead atoms. The van der Waals surface area contributed by atoms with Crippen molar-refractivity contribution in [2.45, 2.75) is 39.2 Å². The lowest BCUT2D eigenvalue weighted by atomic mass is 9.96. The lowest BCUT2D eigenvalue weighted by Gasteiger charge is -2.37. The predicted molar refractivity (Wildman–Crippen MR) is 104 cm³/mol. The number of piperidine rings is 1. The molecule has 1 fully saturated rings. The fourth-order valence-corrected chi connectivity index (χ4v) is 4.63. The number of esters is 1. The topological polar surface area (TPSA) is 84.0 Å². The number of para-hydroxylation sites is 1. The van der Waals surface area contributed by atoms with E-state index in [1.165, 1.54) is 4.31 Å². The second kappa shape index (κ2) is 9.21. The summed E-state index contributed by atoms with van der Waals surface area (Å²) in [6.07, 6.45) is 2.54. The van der Waals surface area contributed by atoms with Crippen molar-refractivity contribution < 1.29 is 22.7 Å². The minimum atomic E-state index is -3.63. The van der Waals surface area contributed by atoms with E-state index in [9.17, 15) is 18.0 Å². The maximum Gasteiger partial charge on any atom is 0.309 e. The van der Waals surface area contributed by atoms with Gasteiger partial charge < -0.3 is 9.64 Å². The number of sulfonamides is 1. The third-order valence-corrected chi connectivity index (χ3v) is 5.93. The van der Waals surface area contributed by atoms with E-state index in [2.05, 4.69) is 0 Å². The summed E-state index contributed by atoms with van der Waals surface area (Å²) in [5.41, 5.74) is 0.474. The van der Waals surface area contributed by atoms with Crippen LogP contribution in [0.15, 0.2) is 30.3 Å². The molecular weight excluding hydrogens is 368 g/mol. The van der Waals surface area contributed by atoms with E-state index in [0.717, 1.165) is 6.26 Å². The number of hydrogen-bond acceptors (Lipinski definition) is 5. The van der Waals surface area contributed by atoms with Gasteiger partial charge in [-0.2, -0.15) is 0 Å². The number of anilines is 1. The Morgan fingerprint density at radius 3 is 2.26 bits per heavy atom. The number of carbonyl (C=O) groups excluding carboxylic acids is 2. The van der Waals surface area contributed by atoms with Crippen LogP contribution in [0.3, 0.4) is 0 Å². The monoisotopic (exact) mass is 396 g/mol. The molecule has 1 aliphatic heterocycles. The Balaban J connectivity index is 2.16. The van der Waals surface area contributed by atoms with Crippen LogP contribution in [-0.2, 0) is 24.3 Å². The zero-order valence-electron chi connectivity index (χ0n) is 16.1. The van der Waals surface area contributed by atoms with Crippen LogP contribution in [0, 0.1) is 5.92 Å². The van der Waals surface area contributed by atoms with Crippen LogP contribution in [0.5, 0.6) is 0 Å². The smallest absolute Gasteiger partial charge is 0.309 e. The third-order valence-electron chi connectivity index (χ3n) is 4.75. The fraction of sp³-hybridized carbons (Fsp3) is 0.579. The molecular formula is C19H28N2O5S. The van der Waals surface area contributed by atoms with E-state index < -0.39 is 16.1 Å². The third kappa shape index (κ3) is 5.22. The first-order valence-corrected chi connectivity index (χ1v) is 11.1. The number of amides is 1. The molecule has 8 heteroatoms. The SMILES string of the molecule is CCOC(=O)C1CCN(C(=O)[C@H](CC)N(c2ccccc2)S(C)(=O)=O)CC1. The Labute approximate surface area is 161 Å². The summed E-state index contributed by atoms with van der Waals surface area (Å²) in [5.74, 6) is -0.651. The Hall–Kier alpha value is -2.09. The molecule has 0 saturated carbocycles. The van der Waals surface area contributed by atoms with Crippen LogP contribution < -0.4 is 4.31 Å². The lowest BCUT2D eigenvalue weighted by Crippen LogP contribution is -2.52. The molecule has 1 atom stereocenters. The maximum absolute atomic E-state index is 13.1. The van der Waals surface area contributed by atoms with E-state index in [0.29, 0.717) is 44.6 Å². The first-order valence-electron chi connectivity index (χ1n) is 9.29. The molecule has 1 heterocycles. The molecule has 1 aliphatic rings. The highest BCUT2D eigenvalue weighted by Crippen LogP contribution is 2.25. The molecule has 0 radical (unpaired) electrons.